The van der Waals surface area contributed by atoms with Crippen molar-refractivity contribution in [3.05, 3.63) is 12.2 Å². The van der Waals surface area contributed by atoms with E-state index in [1.54, 1.807) is 0 Å². The average Bonchev–Trinajstić information content (AvgIpc) is 2.35. The largest absolute Gasteiger partial charge is 0.376 e. The van der Waals surface area contributed by atoms with Crippen LogP contribution >= 0.6 is 0 Å². The molecule has 0 rings (SSSR count). The zero-order valence-electron chi connectivity index (χ0n) is 11.3. The van der Waals surface area contributed by atoms with Gasteiger partial charge in [-0.15, -0.1) is 0 Å². The van der Waals surface area contributed by atoms with E-state index in [-0.39, 0.29) is 0 Å². The van der Waals surface area contributed by atoms with Gasteiger partial charge in [-0.3, -0.25) is 0 Å². The summed E-state index contributed by atoms with van der Waals surface area (Å²) < 4.78 is 5.24. The first-order valence-electron chi connectivity index (χ1n) is 7.01. The van der Waals surface area contributed by atoms with E-state index in [9.17, 15) is 0 Å². The minimum Gasteiger partial charge on any atom is -0.376 e. The van der Waals surface area contributed by atoms with Crippen molar-refractivity contribution in [3.8, 4) is 6.07 Å². The lowest BCUT2D eigenvalue weighted by Crippen LogP contribution is -1.92. The number of nitriles is 1. The van der Waals surface area contributed by atoms with E-state index in [4.69, 9.17) is 10.00 Å². The third-order valence-electron chi connectivity index (χ3n) is 2.71. The number of ether oxygens (including phenoxy) is 1. The highest BCUT2D eigenvalue weighted by atomic mass is 16.5. The van der Waals surface area contributed by atoms with Gasteiger partial charge in [-0.05, 0) is 12.8 Å². The fourth-order valence-corrected chi connectivity index (χ4v) is 1.67. The molecule has 0 saturated carbocycles. The normalized spacial score (nSPS) is 10.8. The van der Waals surface area contributed by atoms with Gasteiger partial charge in [0.2, 0.25) is 0 Å². The molecule has 0 aliphatic heterocycles. The van der Waals surface area contributed by atoms with Crippen molar-refractivity contribution >= 4 is 0 Å². The molecule has 0 aromatic heterocycles. The molecule has 0 unspecified atom stereocenters. The SMILES string of the molecule is CCCCCCCCC/C=C/COCCC#N. The maximum atomic E-state index is 8.30. The van der Waals surface area contributed by atoms with Gasteiger partial charge in [-0.1, -0.05) is 57.6 Å². The van der Waals surface area contributed by atoms with Crippen LogP contribution in [-0.4, -0.2) is 13.2 Å². The van der Waals surface area contributed by atoms with Crippen LogP contribution in [0, 0.1) is 11.3 Å². The summed E-state index contributed by atoms with van der Waals surface area (Å²) in [6.07, 6.45) is 15.5. The third kappa shape index (κ3) is 15.2. The van der Waals surface area contributed by atoms with E-state index >= 15 is 0 Å². The van der Waals surface area contributed by atoms with E-state index < -0.39 is 0 Å². The predicted octanol–water partition coefficient (Wildman–Crippen LogP) is 4.61. The number of allylic oxidation sites excluding steroid dienone is 1. The van der Waals surface area contributed by atoms with Crippen LogP contribution in [0.15, 0.2) is 12.2 Å². The number of nitrogens with zero attached hydrogens (tertiary/aromatic N) is 1. The maximum absolute atomic E-state index is 8.30. The molecule has 0 aliphatic carbocycles. The zero-order chi connectivity index (χ0) is 12.6. The Balaban J connectivity index is 3.02. The van der Waals surface area contributed by atoms with E-state index in [2.05, 4.69) is 25.1 Å². The number of unbranched alkanes of at least 4 members (excludes halogenated alkanes) is 7. The van der Waals surface area contributed by atoms with Gasteiger partial charge >= 0.3 is 0 Å². The van der Waals surface area contributed by atoms with Crippen molar-refractivity contribution in [2.24, 2.45) is 0 Å². The highest BCUT2D eigenvalue weighted by Gasteiger charge is 1.89. The fraction of sp³-hybridized carbons (Fsp3) is 0.800. The lowest BCUT2D eigenvalue weighted by Gasteiger charge is -1.99. The minimum absolute atomic E-state index is 0.492. The average molecular weight is 237 g/mol. The first-order chi connectivity index (χ1) is 8.41. The Morgan fingerprint density at radius 2 is 1.71 bits per heavy atom. The van der Waals surface area contributed by atoms with E-state index in [0.717, 1.165) is 6.42 Å². The van der Waals surface area contributed by atoms with Gasteiger partial charge in [0.1, 0.15) is 0 Å². The van der Waals surface area contributed by atoms with Gasteiger partial charge in [0.25, 0.3) is 0 Å². The van der Waals surface area contributed by atoms with Crippen LogP contribution in [0.4, 0.5) is 0 Å². The van der Waals surface area contributed by atoms with Gasteiger partial charge < -0.3 is 4.74 Å². The van der Waals surface area contributed by atoms with Gasteiger partial charge in [0, 0.05) is 0 Å². The van der Waals surface area contributed by atoms with Crippen molar-refractivity contribution in [1.29, 1.82) is 5.26 Å². The molecule has 0 saturated heterocycles. The summed E-state index contributed by atoms with van der Waals surface area (Å²) >= 11 is 0. The van der Waals surface area contributed by atoms with Crippen molar-refractivity contribution < 1.29 is 4.74 Å². The molecule has 17 heavy (non-hydrogen) atoms. The van der Waals surface area contributed by atoms with Crippen LogP contribution in [0.5, 0.6) is 0 Å². The van der Waals surface area contributed by atoms with Crippen LogP contribution < -0.4 is 0 Å². The van der Waals surface area contributed by atoms with Gasteiger partial charge in [0.15, 0.2) is 0 Å². The maximum Gasteiger partial charge on any atom is 0.0647 e. The lowest BCUT2D eigenvalue weighted by molar-refractivity contribution is 0.168. The van der Waals surface area contributed by atoms with Gasteiger partial charge in [-0.2, -0.15) is 5.26 Å². The summed E-state index contributed by atoms with van der Waals surface area (Å²) in [4.78, 5) is 0. The Bertz CT molecular complexity index is 205. The summed E-state index contributed by atoms with van der Waals surface area (Å²) in [6, 6.07) is 2.06. The molecule has 0 aliphatic rings. The smallest absolute Gasteiger partial charge is 0.0647 e. The summed E-state index contributed by atoms with van der Waals surface area (Å²) in [7, 11) is 0. The number of rotatable bonds is 12. The molecule has 0 aromatic rings. The Hall–Kier alpha value is -0.810. The standard InChI is InChI=1S/C15H27NO/c1-2-3-4-5-6-7-8-9-10-11-14-17-15-12-13-16/h10-11H,2-9,12,14-15H2,1H3/b11-10+. The minimum atomic E-state index is 0.492. The Morgan fingerprint density at radius 1 is 1.00 bits per heavy atom. The highest BCUT2D eigenvalue weighted by molar-refractivity contribution is 4.81. The second kappa shape index (κ2) is 15.2. The molecule has 0 atom stereocenters. The number of hydrogen-bond donors (Lipinski definition) is 0. The Kier molecular flexibility index (Phi) is 14.5. The van der Waals surface area contributed by atoms with E-state index in [1.165, 1.54) is 44.9 Å². The van der Waals surface area contributed by atoms with E-state index in [0.29, 0.717) is 19.6 Å². The molecule has 0 spiro atoms. The molecule has 0 N–H and O–H groups in total. The molecular weight excluding hydrogens is 210 g/mol. The highest BCUT2D eigenvalue weighted by Crippen LogP contribution is 2.08. The molecule has 0 radical (unpaired) electrons. The molecule has 0 aromatic carbocycles. The van der Waals surface area contributed by atoms with Crippen LogP contribution in [0.1, 0.15) is 64.7 Å². The Labute approximate surface area is 107 Å². The molecule has 2 heteroatoms. The Morgan fingerprint density at radius 3 is 2.41 bits per heavy atom. The first kappa shape index (κ1) is 16.2. The third-order valence-corrected chi connectivity index (χ3v) is 2.71. The number of hydrogen-bond acceptors (Lipinski definition) is 2. The molecule has 0 amide bonds. The van der Waals surface area contributed by atoms with Crippen molar-refractivity contribution in [1.82, 2.24) is 0 Å². The monoisotopic (exact) mass is 237 g/mol. The van der Waals surface area contributed by atoms with Crippen LogP contribution in [0.3, 0.4) is 0 Å². The van der Waals surface area contributed by atoms with Gasteiger partial charge in [-0.25, -0.2) is 0 Å². The predicted molar refractivity (Wildman–Crippen MR) is 72.8 cm³/mol. The molecule has 98 valence electrons. The van der Waals surface area contributed by atoms with Gasteiger partial charge in [0.05, 0.1) is 25.7 Å². The molecule has 2 nitrogen and oxygen atoms in total. The quantitative estimate of drug-likeness (QED) is 0.367. The molecule has 0 heterocycles. The van der Waals surface area contributed by atoms with Crippen LogP contribution in [-0.2, 0) is 4.74 Å². The topological polar surface area (TPSA) is 33.0 Å². The van der Waals surface area contributed by atoms with Crippen LogP contribution in [0.2, 0.25) is 0 Å². The lowest BCUT2D eigenvalue weighted by atomic mass is 10.1. The second-order valence-electron chi connectivity index (χ2n) is 4.36. The second-order valence-corrected chi connectivity index (χ2v) is 4.36. The first-order valence-corrected chi connectivity index (χ1v) is 7.01. The molecule has 0 bridgehead atoms. The fourth-order valence-electron chi connectivity index (χ4n) is 1.67. The van der Waals surface area contributed by atoms with Crippen molar-refractivity contribution in [2.45, 2.75) is 64.7 Å². The zero-order valence-corrected chi connectivity index (χ0v) is 11.3. The van der Waals surface area contributed by atoms with E-state index in [1.807, 2.05) is 0 Å². The van der Waals surface area contributed by atoms with Crippen molar-refractivity contribution in [3.63, 3.8) is 0 Å². The molecule has 0 fully saturated rings. The molecular formula is C15H27NO. The van der Waals surface area contributed by atoms with Crippen molar-refractivity contribution in [2.75, 3.05) is 13.2 Å². The van der Waals surface area contributed by atoms with Crippen LogP contribution in [0.25, 0.3) is 0 Å². The summed E-state index contributed by atoms with van der Waals surface area (Å²) in [6.45, 7) is 3.46. The summed E-state index contributed by atoms with van der Waals surface area (Å²) in [5, 5.41) is 8.30. The summed E-state index contributed by atoms with van der Waals surface area (Å²) in [5.74, 6) is 0. The summed E-state index contributed by atoms with van der Waals surface area (Å²) in [5.41, 5.74) is 0.